The van der Waals surface area contributed by atoms with Crippen molar-refractivity contribution in [1.29, 1.82) is 0 Å². The molecule has 3 nitrogen and oxygen atoms in total. The summed E-state index contributed by atoms with van der Waals surface area (Å²) in [4.78, 5) is 4.55. The molecule has 0 amide bonds. The molecule has 0 saturated heterocycles. The van der Waals surface area contributed by atoms with Crippen LogP contribution in [-0.2, 0) is 16.2 Å². The van der Waals surface area contributed by atoms with Crippen LogP contribution in [0.1, 0.15) is 79.0 Å². The number of anilines is 1. The van der Waals surface area contributed by atoms with Gasteiger partial charge in [-0.3, -0.25) is 5.21 Å². The third-order valence-electron chi connectivity index (χ3n) is 4.96. The largest absolute Gasteiger partial charge is 0.283 e. The van der Waals surface area contributed by atoms with Crippen LogP contribution in [0.15, 0.2) is 47.5 Å². The summed E-state index contributed by atoms with van der Waals surface area (Å²) in [6.45, 7) is 19.8. The first-order valence-electron chi connectivity index (χ1n) is 9.97. The van der Waals surface area contributed by atoms with Crippen LogP contribution in [-0.4, -0.2) is 11.5 Å². The van der Waals surface area contributed by atoms with Crippen molar-refractivity contribution in [3.8, 4) is 0 Å². The number of benzene rings is 2. The van der Waals surface area contributed by atoms with E-state index >= 15 is 0 Å². The van der Waals surface area contributed by atoms with Gasteiger partial charge in [-0.15, -0.1) is 0 Å². The number of aliphatic imine (C=N–C) groups is 1. The topological polar surface area (TPSA) is 35.8 Å². The highest BCUT2D eigenvalue weighted by Gasteiger charge is 2.20. The molecular weight excluding hydrogens is 344 g/mol. The summed E-state index contributed by atoms with van der Waals surface area (Å²) in [5, 5.41) is 11.5. The van der Waals surface area contributed by atoms with Gasteiger partial charge in [0.25, 0.3) is 0 Å². The van der Waals surface area contributed by atoms with E-state index in [0.29, 0.717) is 5.69 Å². The second kappa shape index (κ2) is 7.71. The van der Waals surface area contributed by atoms with Gasteiger partial charge in [-0.05, 0) is 57.2 Å². The molecule has 1 N–H and O–H groups in total. The average Bonchev–Trinajstić information content (AvgIpc) is 2.57. The molecule has 0 fully saturated rings. The standard InChI is InChI=1S/C25H36N2O/c1-23(2,3)18-10-12-22(13-11-18)27(28)17-26-21-15-19(24(4,5)6)14-20(16-21)25(7,8)9/h10-17,28H,1-9H3. The molecule has 0 aliphatic carbocycles. The van der Waals surface area contributed by atoms with Crippen molar-refractivity contribution in [3.05, 3.63) is 59.2 Å². The van der Waals surface area contributed by atoms with Gasteiger partial charge in [-0.2, -0.15) is 0 Å². The zero-order valence-electron chi connectivity index (χ0n) is 19.0. The molecule has 0 bridgehead atoms. The first-order valence-corrected chi connectivity index (χ1v) is 9.97. The normalized spacial score (nSPS) is 13.2. The fourth-order valence-corrected chi connectivity index (χ4v) is 2.85. The average molecular weight is 381 g/mol. The van der Waals surface area contributed by atoms with Crippen LogP contribution in [0.3, 0.4) is 0 Å². The van der Waals surface area contributed by atoms with Gasteiger partial charge in [0.05, 0.1) is 11.4 Å². The summed E-state index contributed by atoms with van der Waals surface area (Å²) in [7, 11) is 0. The van der Waals surface area contributed by atoms with E-state index in [-0.39, 0.29) is 16.2 Å². The predicted molar refractivity (Wildman–Crippen MR) is 121 cm³/mol. The second-order valence-electron chi connectivity index (χ2n) is 10.7. The maximum absolute atomic E-state index is 10.4. The summed E-state index contributed by atoms with van der Waals surface area (Å²) in [5.74, 6) is 0. The van der Waals surface area contributed by atoms with E-state index in [0.717, 1.165) is 10.8 Å². The van der Waals surface area contributed by atoms with Crippen molar-refractivity contribution >= 4 is 17.7 Å². The number of hydrogen-bond donors (Lipinski definition) is 1. The molecule has 2 rings (SSSR count). The Labute approximate surface area is 171 Å². The molecule has 0 spiro atoms. The summed E-state index contributed by atoms with van der Waals surface area (Å²) in [6, 6.07) is 14.4. The summed E-state index contributed by atoms with van der Waals surface area (Å²) in [6.07, 6.45) is 1.47. The van der Waals surface area contributed by atoms with Crippen molar-refractivity contribution in [2.75, 3.05) is 5.06 Å². The van der Waals surface area contributed by atoms with Gasteiger partial charge in [0.2, 0.25) is 0 Å². The lowest BCUT2D eigenvalue weighted by atomic mass is 9.80. The van der Waals surface area contributed by atoms with Crippen molar-refractivity contribution in [1.82, 2.24) is 0 Å². The second-order valence-corrected chi connectivity index (χ2v) is 10.7. The molecule has 0 atom stereocenters. The number of hydroxylamine groups is 1. The van der Waals surface area contributed by atoms with E-state index in [1.807, 2.05) is 24.3 Å². The van der Waals surface area contributed by atoms with Gasteiger partial charge in [-0.1, -0.05) is 80.5 Å². The highest BCUT2D eigenvalue weighted by atomic mass is 16.5. The Balaban J connectivity index is 2.32. The molecule has 28 heavy (non-hydrogen) atoms. The lowest BCUT2D eigenvalue weighted by molar-refractivity contribution is 0.317. The molecule has 152 valence electrons. The van der Waals surface area contributed by atoms with E-state index in [2.05, 4.69) is 85.5 Å². The molecule has 0 aromatic heterocycles. The Bertz CT molecular complexity index is 797. The van der Waals surface area contributed by atoms with Gasteiger partial charge in [-0.25, -0.2) is 10.1 Å². The fourth-order valence-electron chi connectivity index (χ4n) is 2.85. The summed E-state index contributed by atoms with van der Waals surface area (Å²) in [5.41, 5.74) is 5.42. The Morgan fingerprint density at radius 1 is 0.679 bits per heavy atom. The molecule has 0 aliphatic rings. The van der Waals surface area contributed by atoms with Crippen LogP contribution >= 0.6 is 0 Å². The molecule has 0 heterocycles. The monoisotopic (exact) mass is 380 g/mol. The van der Waals surface area contributed by atoms with Gasteiger partial charge in [0.1, 0.15) is 6.34 Å². The maximum Gasteiger partial charge on any atom is 0.122 e. The van der Waals surface area contributed by atoms with E-state index in [1.54, 1.807) is 0 Å². The van der Waals surface area contributed by atoms with E-state index in [4.69, 9.17) is 0 Å². The lowest BCUT2D eigenvalue weighted by Crippen LogP contribution is -2.17. The van der Waals surface area contributed by atoms with Crippen LogP contribution in [0.5, 0.6) is 0 Å². The number of rotatable bonds is 3. The van der Waals surface area contributed by atoms with E-state index < -0.39 is 0 Å². The van der Waals surface area contributed by atoms with Gasteiger partial charge in [0.15, 0.2) is 0 Å². The summed E-state index contributed by atoms with van der Waals surface area (Å²) < 4.78 is 0. The fraction of sp³-hybridized carbons (Fsp3) is 0.480. The van der Waals surface area contributed by atoms with E-state index in [1.165, 1.54) is 23.0 Å². The van der Waals surface area contributed by atoms with Crippen LogP contribution in [0.4, 0.5) is 11.4 Å². The zero-order valence-corrected chi connectivity index (χ0v) is 19.0. The van der Waals surface area contributed by atoms with Crippen molar-refractivity contribution in [2.24, 2.45) is 4.99 Å². The first kappa shape index (κ1) is 22.2. The highest BCUT2D eigenvalue weighted by molar-refractivity contribution is 5.78. The molecule has 0 unspecified atom stereocenters. The Morgan fingerprint density at radius 2 is 1.11 bits per heavy atom. The number of nitrogens with zero attached hydrogens (tertiary/aromatic N) is 2. The molecular formula is C25H36N2O. The number of hydrogen-bond acceptors (Lipinski definition) is 2. The quantitative estimate of drug-likeness (QED) is 0.349. The Hall–Kier alpha value is -2.13. The smallest absolute Gasteiger partial charge is 0.122 e. The van der Waals surface area contributed by atoms with Crippen molar-refractivity contribution in [3.63, 3.8) is 0 Å². The van der Waals surface area contributed by atoms with Crippen LogP contribution < -0.4 is 5.06 Å². The minimum absolute atomic E-state index is 0.0349. The SMILES string of the molecule is CC(C)(C)c1ccc(N(O)C=Nc2cc(C(C)(C)C)cc(C(C)(C)C)c2)cc1. The van der Waals surface area contributed by atoms with Gasteiger partial charge < -0.3 is 0 Å². The Kier molecular flexibility index (Phi) is 6.10. The van der Waals surface area contributed by atoms with Crippen LogP contribution in [0.25, 0.3) is 0 Å². The zero-order chi connectivity index (χ0) is 21.3. The highest BCUT2D eigenvalue weighted by Crippen LogP contribution is 2.33. The van der Waals surface area contributed by atoms with Gasteiger partial charge >= 0.3 is 0 Å². The maximum atomic E-state index is 10.4. The molecule has 2 aromatic rings. The van der Waals surface area contributed by atoms with Gasteiger partial charge in [0, 0.05) is 0 Å². The van der Waals surface area contributed by atoms with Crippen LogP contribution in [0.2, 0.25) is 0 Å². The minimum Gasteiger partial charge on any atom is -0.283 e. The van der Waals surface area contributed by atoms with Crippen LogP contribution in [0, 0.1) is 0 Å². The lowest BCUT2D eigenvalue weighted by Gasteiger charge is -2.25. The Morgan fingerprint density at radius 3 is 1.50 bits per heavy atom. The van der Waals surface area contributed by atoms with Crippen molar-refractivity contribution in [2.45, 2.75) is 78.6 Å². The molecule has 2 aromatic carbocycles. The van der Waals surface area contributed by atoms with E-state index in [9.17, 15) is 5.21 Å². The predicted octanol–water partition coefficient (Wildman–Crippen LogP) is 7.13. The minimum atomic E-state index is 0.0349. The first-order chi connectivity index (χ1) is 12.7. The van der Waals surface area contributed by atoms with Crippen molar-refractivity contribution < 1.29 is 5.21 Å². The third kappa shape index (κ3) is 5.68. The molecule has 3 heteroatoms. The molecule has 0 radical (unpaired) electrons. The summed E-state index contributed by atoms with van der Waals surface area (Å²) >= 11 is 0. The molecule has 0 aliphatic heterocycles. The molecule has 0 saturated carbocycles. The third-order valence-corrected chi connectivity index (χ3v) is 4.96.